The van der Waals surface area contributed by atoms with Crippen LogP contribution in [0.5, 0.6) is 0 Å². The molecule has 1 unspecified atom stereocenters. The zero-order valence-electron chi connectivity index (χ0n) is 20.5. The van der Waals surface area contributed by atoms with E-state index in [9.17, 15) is 9.59 Å². The van der Waals surface area contributed by atoms with Gasteiger partial charge in [-0.3, -0.25) is 0 Å². The number of benzene rings is 1. The molecule has 0 saturated carbocycles. The van der Waals surface area contributed by atoms with Gasteiger partial charge in [0.15, 0.2) is 0 Å². The zero-order chi connectivity index (χ0) is 25.0. The van der Waals surface area contributed by atoms with Gasteiger partial charge in [0.2, 0.25) is 0 Å². The maximum Gasteiger partial charge on any atom is 0.406 e. The lowest BCUT2D eigenvalue weighted by Gasteiger charge is -2.37. The second kappa shape index (κ2) is 14.5. The topological polar surface area (TPSA) is 115 Å². The standard InChI is InChI=1S/C25H39ClN4O5/c1-33-25(32)28-9-12-35-23(19-6-2-8-21(26)14-19)20-7-3-10-30(16-20)24(31)29-15-22(27)13-18-5-4-11-34-17-18/h2,6,8,14,18,20,22-23H,3-5,7,9-13,15-17,27H2,1H3,(H,28,32)(H,29,31)/t18-,20-,22-,23?/m1/s1. The third kappa shape index (κ3) is 9.14. The van der Waals surface area contributed by atoms with Gasteiger partial charge in [-0.05, 0) is 55.7 Å². The molecule has 9 nitrogen and oxygen atoms in total. The fourth-order valence-corrected chi connectivity index (χ4v) is 5.07. The van der Waals surface area contributed by atoms with Gasteiger partial charge in [0.25, 0.3) is 0 Å². The second-order valence-corrected chi connectivity index (χ2v) is 9.81. The molecule has 4 atom stereocenters. The molecule has 0 spiro atoms. The van der Waals surface area contributed by atoms with Crippen LogP contribution >= 0.6 is 11.6 Å². The Morgan fingerprint density at radius 2 is 2.14 bits per heavy atom. The van der Waals surface area contributed by atoms with Crippen molar-refractivity contribution in [1.29, 1.82) is 0 Å². The van der Waals surface area contributed by atoms with E-state index in [1.807, 2.05) is 29.2 Å². The number of hydrogen-bond donors (Lipinski definition) is 3. The average molecular weight is 511 g/mol. The van der Waals surface area contributed by atoms with E-state index < -0.39 is 6.09 Å². The molecule has 1 aromatic rings. The number of ether oxygens (including phenoxy) is 3. The molecule has 2 saturated heterocycles. The van der Waals surface area contributed by atoms with E-state index in [2.05, 4.69) is 15.4 Å². The first kappa shape index (κ1) is 27.5. The number of rotatable bonds is 10. The van der Waals surface area contributed by atoms with Gasteiger partial charge in [-0.25, -0.2) is 9.59 Å². The summed E-state index contributed by atoms with van der Waals surface area (Å²) in [5, 5.41) is 6.28. The van der Waals surface area contributed by atoms with Gasteiger partial charge in [-0.1, -0.05) is 23.7 Å². The van der Waals surface area contributed by atoms with E-state index in [-0.39, 0.29) is 24.1 Å². The largest absolute Gasteiger partial charge is 0.453 e. The number of urea groups is 1. The number of amides is 3. The molecule has 2 aliphatic heterocycles. The summed E-state index contributed by atoms with van der Waals surface area (Å²) in [5.74, 6) is 0.568. The summed E-state index contributed by atoms with van der Waals surface area (Å²) >= 11 is 6.25. The molecule has 0 bridgehead atoms. The number of halogens is 1. The molecule has 2 fully saturated rings. The summed E-state index contributed by atoms with van der Waals surface area (Å²) in [7, 11) is 1.32. The van der Waals surface area contributed by atoms with E-state index in [4.69, 9.17) is 26.8 Å². The molecule has 0 aromatic heterocycles. The third-order valence-electron chi connectivity index (χ3n) is 6.61. The molecule has 0 radical (unpaired) electrons. The maximum atomic E-state index is 12.9. The number of nitrogens with zero attached hydrogens (tertiary/aromatic N) is 1. The van der Waals surface area contributed by atoms with Crippen LogP contribution in [0.4, 0.5) is 9.59 Å². The summed E-state index contributed by atoms with van der Waals surface area (Å²) in [6, 6.07) is 7.42. The molecule has 0 aliphatic carbocycles. The highest BCUT2D eigenvalue weighted by molar-refractivity contribution is 6.30. The average Bonchev–Trinajstić information content (AvgIpc) is 2.87. The van der Waals surface area contributed by atoms with Crippen molar-refractivity contribution in [3.8, 4) is 0 Å². The first-order chi connectivity index (χ1) is 17.0. The zero-order valence-corrected chi connectivity index (χ0v) is 21.3. The van der Waals surface area contributed by atoms with Gasteiger partial charge in [-0.2, -0.15) is 0 Å². The fraction of sp³-hybridized carbons (Fsp3) is 0.680. The van der Waals surface area contributed by atoms with Gasteiger partial charge in [0.05, 0.1) is 19.8 Å². The minimum Gasteiger partial charge on any atom is -0.453 e. The highest BCUT2D eigenvalue weighted by Crippen LogP contribution is 2.34. The monoisotopic (exact) mass is 510 g/mol. The molecule has 3 rings (SSSR count). The summed E-state index contributed by atoms with van der Waals surface area (Å²) in [4.78, 5) is 26.1. The molecule has 2 aliphatic rings. The quantitative estimate of drug-likeness (QED) is 0.416. The van der Waals surface area contributed by atoms with Gasteiger partial charge in [0, 0.05) is 56.4 Å². The Balaban J connectivity index is 1.54. The fourth-order valence-electron chi connectivity index (χ4n) is 4.88. The number of likely N-dealkylation sites (tertiary alicyclic amines) is 1. The SMILES string of the molecule is COC(=O)NCCOC(c1cccc(Cl)c1)[C@@H]1CCCN(C(=O)NC[C@H](N)C[C@H]2CCCOC2)C1. The lowest BCUT2D eigenvalue weighted by Crippen LogP contribution is -2.49. The van der Waals surface area contributed by atoms with Crippen molar-refractivity contribution < 1.29 is 23.8 Å². The van der Waals surface area contributed by atoms with Gasteiger partial charge >= 0.3 is 12.1 Å². The van der Waals surface area contributed by atoms with E-state index in [0.29, 0.717) is 43.7 Å². The van der Waals surface area contributed by atoms with Crippen LogP contribution in [0.1, 0.15) is 43.8 Å². The van der Waals surface area contributed by atoms with Crippen molar-refractivity contribution in [2.45, 2.75) is 44.2 Å². The van der Waals surface area contributed by atoms with Crippen molar-refractivity contribution in [2.75, 3.05) is 53.1 Å². The van der Waals surface area contributed by atoms with Crippen molar-refractivity contribution >= 4 is 23.7 Å². The summed E-state index contributed by atoms with van der Waals surface area (Å²) in [5.41, 5.74) is 7.25. The van der Waals surface area contributed by atoms with E-state index in [1.54, 1.807) is 0 Å². The molecular weight excluding hydrogens is 472 g/mol. The van der Waals surface area contributed by atoms with Crippen LogP contribution in [-0.2, 0) is 14.2 Å². The summed E-state index contributed by atoms with van der Waals surface area (Å²) < 4.78 is 16.4. The Bertz CT molecular complexity index is 808. The highest BCUT2D eigenvalue weighted by atomic mass is 35.5. The number of alkyl carbamates (subject to hydrolysis) is 1. The molecule has 1 aromatic carbocycles. The predicted octanol–water partition coefficient (Wildman–Crippen LogP) is 3.32. The van der Waals surface area contributed by atoms with Crippen LogP contribution in [0.2, 0.25) is 5.02 Å². The van der Waals surface area contributed by atoms with E-state index >= 15 is 0 Å². The Morgan fingerprint density at radius 3 is 2.89 bits per heavy atom. The van der Waals surface area contributed by atoms with Crippen molar-refractivity contribution in [3.05, 3.63) is 34.9 Å². The number of nitrogens with one attached hydrogen (secondary N) is 2. The second-order valence-electron chi connectivity index (χ2n) is 9.38. The molecule has 2 heterocycles. The van der Waals surface area contributed by atoms with E-state index in [1.165, 1.54) is 7.11 Å². The molecule has 3 amide bonds. The lowest BCUT2D eigenvalue weighted by molar-refractivity contribution is -0.00850. The number of nitrogens with two attached hydrogens (primary N) is 1. The van der Waals surface area contributed by atoms with Crippen molar-refractivity contribution in [2.24, 2.45) is 17.6 Å². The van der Waals surface area contributed by atoms with Crippen LogP contribution in [0.15, 0.2) is 24.3 Å². The lowest BCUT2D eigenvalue weighted by atomic mass is 9.88. The minimum atomic E-state index is -0.498. The van der Waals surface area contributed by atoms with Crippen LogP contribution in [0, 0.1) is 11.8 Å². The number of methoxy groups -OCH3 is 1. The Labute approximate surface area is 213 Å². The first-order valence-corrected chi connectivity index (χ1v) is 12.9. The molecule has 196 valence electrons. The molecule has 4 N–H and O–H groups in total. The molecule has 10 heteroatoms. The van der Waals surface area contributed by atoms with Crippen LogP contribution in [0.25, 0.3) is 0 Å². The van der Waals surface area contributed by atoms with Crippen molar-refractivity contribution in [3.63, 3.8) is 0 Å². The van der Waals surface area contributed by atoms with Crippen LogP contribution in [0.3, 0.4) is 0 Å². The minimum absolute atomic E-state index is 0.0870. The molecular formula is C25H39ClN4O5. The van der Waals surface area contributed by atoms with Gasteiger partial charge in [0.1, 0.15) is 0 Å². The normalized spacial score (nSPS) is 22.2. The van der Waals surface area contributed by atoms with Gasteiger partial charge < -0.3 is 35.5 Å². The Morgan fingerprint density at radius 1 is 1.29 bits per heavy atom. The van der Waals surface area contributed by atoms with E-state index in [0.717, 1.165) is 50.9 Å². The Kier molecular flexibility index (Phi) is 11.4. The first-order valence-electron chi connectivity index (χ1n) is 12.5. The van der Waals surface area contributed by atoms with Gasteiger partial charge in [-0.15, -0.1) is 0 Å². The van der Waals surface area contributed by atoms with Crippen molar-refractivity contribution in [1.82, 2.24) is 15.5 Å². The van der Waals surface area contributed by atoms with Crippen LogP contribution < -0.4 is 16.4 Å². The number of carbonyl (C=O) groups excluding carboxylic acids is 2. The number of piperidine rings is 1. The number of carbonyl (C=O) groups is 2. The Hall–Kier alpha value is -2.07. The summed E-state index contributed by atoms with van der Waals surface area (Å²) in [6.07, 6.45) is 4.12. The number of hydrogen-bond acceptors (Lipinski definition) is 6. The predicted molar refractivity (Wildman–Crippen MR) is 134 cm³/mol. The third-order valence-corrected chi connectivity index (χ3v) is 6.85. The molecule has 35 heavy (non-hydrogen) atoms. The van der Waals surface area contributed by atoms with Crippen LogP contribution in [-0.4, -0.2) is 76.2 Å². The maximum absolute atomic E-state index is 12.9. The smallest absolute Gasteiger partial charge is 0.406 e. The summed E-state index contributed by atoms with van der Waals surface area (Å²) in [6.45, 7) is 3.94. The highest BCUT2D eigenvalue weighted by Gasteiger charge is 2.31.